The van der Waals surface area contributed by atoms with Crippen LogP contribution in [0.1, 0.15) is 42.5 Å². The van der Waals surface area contributed by atoms with E-state index in [0.717, 1.165) is 18.4 Å². The smallest absolute Gasteiger partial charge is 0.301 e. The van der Waals surface area contributed by atoms with Crippen LogP contribution in [0.15, 0.2) is 82.7 Å². The monoisotopic (exact) mass is 625 g/mol. The number of halogens is 2. The van der Waals surface area contributed by atoms with Gasteiger partial charge in [-0.1, -0.05) is 90.0 Å². The van der Waals surface area contributed by atoms with Crippen molar-refractivity contribution in [1.82, 2.24) is 10.2 Å². The number of carbonyl (C=O) groups is 2. The van der Waals surface area contributed by atoms with Gasteiger partial charge in [0.05, 0.1) is 18.2 Å². The fourth-order valence-corrected chi connectivity index (χ4v) is 6.61. The summed E-state index contributed by atoms with van der Waals surface area (Å²) in [5, 5.41) is 21.2. The number of ketones is 1. The Hall–Kier alpha value is -3.37. The number of aliphatic hydroxyl groups is 1. The number of hydrogen-bond donors (Lipinski definition) is 1. The highest BCUT2D eigenvalue weighted by atomic mass is 35.5. The molecule has 0 spiro atoms. The molecule has 4 aromatic rings. The number of ether oxygens (including phenoxy) is 1. The maximum Gasteiger partial charge on any atom is 0.301 e. The normalized spacial score (nSPS) is 16.4. The lowest BCUT2D eigenvalue weighted by molar-refractivity contribution is -0.132. The average Bonchev–Trinajstić information content (AvgIpc) is 3.55. The number of nitrogens with zero attached hydrogens (tertiary/aromatic N) is 3. The number of benzene rings is 3. The van der Waals surface area contributed by atoms with Crippen LogP contribution < -0.4 is 9.64 Å². The molecule has 1 saturated heterocycles. The van der Waals surface area contributed by atoms with E-state index in [9.17, 15) is 14.7 Å². The Morgan fingerprint density at radius 2 is 1.83 bits per heavy atom. The molecule has 1 amide bonds. The summed E-state index contributed by atoms with van der Waals surface area (Å²) >= 11 is 15.0. The Kier molecular flexibility index (Phi) is 9.29. The summed E-state index contributed by atoms with van der Waals surface area (Å²) in [6, 6.07) is 20.2. The van der Waals surface area contributed by atoms with Gasteiger partial charge in [-0.05, 0) is 60.0 Å². The molecule has 210 valence electrons. The minimum Gasteiger partial charge on any atom is -0.507 e. The third kappa shape index (κ3) is 6.43. The zero-order valence-corrected chi connectivity index (χ0v) is 25.1. The molecule has 2 heterocycles. The second kappa shape index (κ2) is 13.1. The molecular formula is C30H25Cl2N3O4S2. The Labute approximate surface area is 255 Å². The molecular weight excluding hydrogens is 601 g/mol. The third-order valence-electron chi connectivity index (χ3n) is 6.41. The lowest BCUT2D eigenvalue weighted by atomic mass is 9.95. The number of hydrogen-bond acceptors (Lipinski definition) is 8. The topological polar surface area (TPSA) is 92.6 Å². The van der Waals surface area contributed by atoms with Crippen molar-refractivity contribution in [3.63, 3.8) is 0 Å². The Morgan fingerprint density at radius 1 is 1.05 bits per heavy atom. The number of aliphatic hydroxyl groups excluding tert-OH is 1. The second-order valence-corrected chi connectivity index (χ2v) is 12.2. The lowest BCUT2D eigenvalue weighted by Crippen LogP contribution is -2.29. The standard InChI is InChI=1S/C30H25Cl2N3O4S2/c1-2-3-15-39-22-9-6-8-19(16-22)25-24(26(36)18-11-13-21(31)14-12-18)27(37)28(38)35(25)29-33-34-30(41-29)40-17-20-7-4-5-10-23(20)32/h4-14,16,25,36H,2-3,15,17H2,1H3. The molecule has 41 heavy (non-hydrogen) atoms. The maximum atomic E-state index is 13.5. The van der Waals surface area contributed by atoms with Crippen LogP contribution in [-0.4, -0.2) is 33.6 Å². The van der Waals surface area contributed by atoms with Crippen LogP contribution in [-0.2, 0) is 15.3 Å². The number of unbranched alkanes of at least 4 members (excludes halogenated alkanes) is 1. The second-order valence-electron chi connectivity index (χ2n) is 9.18. The Balaban J connectivity index is 1.54. The minimum atomic E-state index is -0.949. The van der Waals surface area contributed by atoms with Gasteiger partial charge in [0.25, 0.3) is 5.78 Å². The number of thioether (sulfide) groups is 1. The van der Waals surface area contributed by atoms with Crippen molar-refractivity contribution in [2.75, 3.05) is 11.5 Å². The van der Waals surface area contributed by atoms with Gasteiger partial charge in [-0.3, -0.25) is 14.5 Å². The average molecular weight is 627 g/mol. The number of rotatable bonds is 10. The number of carbonyl (C=O) groups excluding carboxylic acids is 2. The van der Waals surface area contributed by atoms with Gasteiger partial charge in [0, 0.05) is 21.4 Å². The number of Topliss-reactive ketones (excluding diaryl/α,β-unsaturated/α-hetero) is 1. The Bertz CT molecular complexity index is 1610. The zero-order valence-electron chi connectivity index (χ0n) is 21.9. The summed E-state index contributed by atoms with van der Waals surface area (Å²) in [6.45, 7) is 2.61. The highest BCUT2D eigenvalue weighted by molar-refractivity contribution is 8.00. The van der Waals surface area contributed by atoms with Gasteiger partial charge in [-0.15, -0.1) is 10.2 Å². The summed E-state index contributed by atoms with van der Waals surface area (Å²) in [4.78, 5) is 28.3. The summed E-state index contributed by atoms with van der Waals surface area (Å²) in [5.74, 6) is -0.768. The maximum absolute atomic E-state index is 13.5. The van der Waals surface area contributed by atoms with E-state index in [1.165, 1.54) is 28.0 Å². The van der Waals surface area contributed by atoms with Crippen LogP contribution in [0.2, 0.25) is 10.0 Å². The highest BCUT2D eigenvalue weighted by Crippen LogP contribution is 2.44. The molecule has 1 fully saturated rings. The van der Waals surface area contributed by atoms with Crippen molar-refractivity contribution in [3.05, 3.63) is 105 Å². The summed E-state index contributed by atoms with van der Waals surface area (Å²) in [5.41, 5.74) is 1.85. The molecule has 1 unspecified atom stereocenters. The first kappa shape index (κ1) is 29.1. The van der Waals surface area contributed by atoms with Gasteiger partial charge in [0.2, 0.25) is 5.13 Å². The summed E-state index contributed by atoms with van der Waals surface area (Å²) < 4.78 is 6.51. The first-order valence-electron chi connectivity index (χ1n) is 12.9. The van der Waals surface area contributed by atoms with Crippen LogP contribution >= 0.6 is 46.3 Å². The molecule has 5 rings (SSSR count). The minimum absolute atomic E-state index is 0.0523. The van der Waals surface area contributed by atoms with Gasteiger partial charge in [0.1, 0.15) is 11.5 Å². The van der Waals surface area contributed by atoms with Crippen molar-refractivity contribution in [3.8, 4) is 5.75 Å². The molecule has 0 radical (unpaired) electrons. The highest BCUT2D eigenvalue weighted by Gasteiger charge is 2.48. The molecule has 0 aliphatic carbocycles. The molecule has 7 nitrogen and oxygen atoms in total. The molecule has 3 aromatic carbocycles. The van der Waals surface area contributed by atoms with Crippen LogP contribution in [0, 0.1) is 0 Å². The lowest BCUT2D eigenvalue weighted by Gasteiger charge is -2.23. The molecule has 1 aromatic heterocycles. The van der Waals surface area contributed by atoms with Gasteiger partial charge >= 0.3 is 5.91 Å². The SMILES string of the molecule is CCCCOc1cccc(C2C(=C(O)c3ccc(Cl)cc3)C(=O)C(=O)N2c2nnc(SCc3ccccc3Cl)s2)c1. The fraction of sp³-hybridized carbons (Fsp3) is 0.200. The molecule has 0 bridgehead atoms. The van der Waals surface area contributed by atoms with E-state index < -0.39 is 17.7 Å². The fourth-order valence-electron chi connectivity index (χ4n) is 4.33. The van der Waals surface area contributed by atoms with Gasteiger partial charge in [-0.25, -0.2) is 0 Å². The largest absolute Gasteiger partial charge is 0.507 e. The quantitative estimate of drug-likeness (QED) is 0.0477. The predicted octanol–water partition coefficient (Wildman–Crippen LogP) is 7.94. The molecule has 1 aliphatic heterocycles. The van der Waals surface area contributed by atoms with Gasteiger partial charge < -0.3 is 9.84 Å². The first-order chi connectivity index (χ1) is 19.9. The van der Waals surface area contributed by atoms with E-state index in [-0.39, 0.29) is 16.5 Å². The zero-order chi connectivity index (χ0) is 28.9. The van der Waals surface area contributed by atoms with Gasteiger partial charge in [0.15, 0.2) is 4.34 Å². The molecule has 1 aliphatic rings. The van der Waals surface area contributed by atoms with Crippen LogP contribution in [0.25, 0.3) is 5.76 Å². The molecule has 0 saturated carbocycles. The molecule has 11 heteroatoms. The van der Waals surface area contributed by atoms with Crippen LogP contribution in [0.3, 0.4) is 0 Å². The Morgan fingerprint density at radius 3 is 2.59 bits per heavy atom. The van der Waals surface area contributed by atoms with Crippen molar-refractivity contribution in [2.45, 2.75) is 35.9 Å². The summed E-state index contributed by atoms with van der Waals surface area (Å²) in [7, 11) is 0. The van der Waals surface area contributed by atoms with Crippen molar-refractivity contribution in [2.24, 2.45) is 0 Å². The molecule has 1 atom stereocenters. The number of amides is 1. The van der Waals surface area contributed by atoms with Crippen LogP contribution in [0.4, 0.5) is 5.13 Å². The number of aromatic nitrogens is 2. The van der Waals surface area contributed by atoms with E-state index >= 15 is 0 Å². The predicted molar refractivity (Wildman–Crippen MR) is 164 cm³/mol. The van der Waals surface area contributed by atoms with E-state index in [1.54, 1.807) is 42.5 Å². The first-order valence-corrected chi connectivity index (χ1v) is 15.4. The van der Waals surface area contributed by atoms with Crippen molar-refractivity contribution >= 4 is 68.9 Å². The third-order valence-corrected chi connectivity index (χ3v) is 9.14. The van der Waals surface area contributed by atoms with Crippen LogP contribution in [0.5, 0.6) is 5.75 Å². The van der Waals surface area contributed by atoms with E-state index in [1.807, 2.05) is 30.3 Å². The van der Waals surface area contributed by atoms with E-state index in [4.69, 9.17) is 27.9 Å². The van der Waals surface area contributed by atoms with Gasteiger partial charge in [-0.2, -0.15) is 0 Å². The van der Waals surface area contributed by atoms with E-state index in [2.05, 4.69) is 17.1 Å². The molecule has 1 N–H and O–H groups in total. The number of anilines is 1. The summed E-state index contributed by atoms with van der Waals surface area (Å²) in [6.07, 6.45) is 1.87. The van der Waals surface area contributed by atoms with E-state index in [0.29, 0.717) is 43.6 Å². The van der Waals surface area contributed by atoms with Crippen molar-refractivity contribution in [1.29, 1.82) is 0 Å². The van der Waals surface area contributed by atoms with Crippen molar-refractivity contribution < 1.29 is 19.4 Å².